The first-order valence-electron chi connectivity index (χ1n) is 7.05. The molecule has 0 aromatic heterocycles. The molecule has 0 saturated carbocycles. The summed E-state index contributed by atoms with van der Waals surface area (Å²) < 4.78 is 84.4. The van der Waals surface area contributed by atoms with Crippen LogP contribution in [0, 0.1) is 17.5 Å². The van der Waals surface area contributed by atoms with E-state index in [0.717, 1.165) is 6.07 Å². The Bertz CT molecular complexity index is 949. The fourth-order valence-electron chi connectivity index (χ4n) is 1.89. The lowest BCUT2D eigenvalue weighted by Crippen LogP contribution is -2.26. The first-order valence-corrected chi connectivity index (χ1v) is 7.43. The first kappa shape index (κ1) is 21.2. The number of aliphatic imine (C=N–C) groups is 2. The van der Waals surface area contributed by atoms with Gasteiger partial charge in [0, 0.05) is 6.07 Å². The normalized spacial score (nSPS) is 12.0. The maximum Gasteiger partial charge on any atom is 0.416 e. The number of nitrogens with two attached hydrogens (primary N) is 3. The quantitative estimate of drug-likeness (QED) is 0.394. The highest BCUT2D eigenvalue weighted by Crippen LogP contribution is 2.39. The molecule has 2 rings (SSSR count). The summed E-state index contributed by atoms with van der Waals surface area (Å²) in [6, 6.07) is 1.54. The Labute approximate surface area is 158 Å². The van der Waals surface area contributed by atoms with E-state index in [9.17, 15) is 26.3 Å². The van der Waals surface area contributed by atoms with Crippen LogP contribution in [-0.2, 0) is 6.18 Å². The van der Waals surface area contributed by atoms with Crippen molar-refractivity contribution < 1.29 is 31.1 Å². The molecule has 0 bridgehead atoms. The van der Waals surface area contributed by atoms with Crippen LogP contribution >= 0.6 is 11.6 Å². The Morgan fingerprint density at radius 3 is 2.00 bits per heavy atom. The van der Waals surface area contributed by atoms with Crippen LogP contribution in [0.5, 0.6) is 11.5 Å². The van der Waals surface area contributed by atoms with Gasteiger partial charge in [-0.25, -0.2) is 18.2 Å². The molecule has 6 nitrogen and oxygen atoms in total. The van der Waals surface area contributed by atoms with Gasteiger partial charge in [-0.15, -0.1) is 0 Å². The second-order valence-electron chi connectivity index (χ2n) is 5.11. The average Bonchev–Trinajstić information content (AvgIpc) is 2.52. The summed E-state index contributed by atoms with van der Waals surface area (Å²) >= 11 is 5.74. The van der Waals surface area contributed by atoms with Crippen molar-refractivity contribution >= 4 is 29.2 Å². The molecule has 0 atom stereocenters. The van der Waals surface area contributed by atoms with Crippen LogP contribution in [0.25, 0.3) is 0 Å². The van der Waals surface area contributed by atoms with Crippen molar-refractivity contribution in [3.05, 3.63) is 52.3 Å². The molecule has 150 valence electrons. The molecule has 6 N–H and O–H groups in total. The number of benzene rings is 2. The number of nitrogens with zero attached hydrogens (tertiary/aromatic N) is 2. The number of guanidine groups is 2. The fraction of sp³-hybridized carbons (Fsp3) is 0.0667. The zero-order valence-electron chi connectivity index (χ0n) is 13.5. The molecule has 0 radical (unpaired) electrons. The highest BCUT2D eigenvalue weighted by atomic mass is 35.5. The first-order chi connectivity index (χ1) is 12.9. The number of hydrogen-bond donors (Lipinski definition) is 3. The van der Waals surface area contributed by atoms with Crippen LogP contribution in [0.15, 0.2) is 34.3 Å². The second-order valence-corrected chi connectivity index (χ2v) is 5.52. The van der Waals surface area contributed by atoms with Gasteiger partial charge >= 0.3 is 6.18 Å². The topological polar surface area (TPSA) is 112 Å². The summed E-state index contributed by atoms with van der Waals surface area (Å²) in [7, 11) is 0. The van der Waals surface area contributed by atoms with E-state index in [1.54, 1.807) is 0 Å². The monoisotopic (exact) mass is 425 g/mol. The average molecular weight is 426 g/mol. The predicted octanol–water partition coefficient (Wildman–Crippen LogP) is 3.79. The summed E-state index contributed by atoms with van der Waals surface area (Å²) in [5.74, 6) is -7.06. The molecule has 0 saturated heterocycles. The zero-order valence-corrected chi connectivity index (χ0v) is 14.2. The minimum absolute atomic E-state index is 0.0334. The van der Waals surface area contributed by atoms with Crippen LogP contribution in [0.4, 0.5) is 32.0 Å². The number of halogens is 7. The minimum Gasteiger partial charge on any atom is -0.450 e. The Balaban J connectivity index is 2.48. The Kier molecular flexibility index (Phi) is 5.92. The molecule has 0 unspecified atom stereocenters. The van der Waals surface area contributed by atoms with Gasteiger partial charge in [-0.2, -0.15) is 18.2 Å². The van der Waals surface area contributed by atoms with Crippen molar-refractivity contribution in [2.24, 2.45) is 27.2 Å². The molecule has 2 aromatic carbocycles. The van der Waals surface area contributed by atoms with Gasteiger partial charge in [-0.3, -0.25) is 0 Å². The summed E-state index contributed by atoms with van der Waals surface area (Å²) in [4.78, 5) is 6.87. The van der Waals surface area contributed by atoms with Crippen LogP contribution in [0.3, 0.4) is 0 Å². The van der Waals surface area contributed by atoms with E-state index < -0.39 is 63.3 Å². The van der Waals surface area contributed by atoms with Gasteiger partial charge < -0.3 is 21.9 Å². The summed E-state index contributed by atoms with van der Waals surface area (Å²) in [5, 5.41) is -0.449. The Morgan fingerprint density at radius 1 is 0.929 bits per heavy atom. The van der Waals surface area contributed by atoms with E-state index in [-0.39, 0.29) is 12.1 Å². The van der Waals surface area contributed by atoms with Gasteiger partial charge in [0.25, 0.3) is 0 Å². The zero-order chi connectivity index (χ0) is 21.2. The number of hydrogen-bond acceptors (Lipinski definition) is 2. The van der Waals surface area contributed by atoms with E-state index in [1.165, 1.54) is 0 Å². The second kappa shape index (κ2) is 7.84. The molecule has 2 aromatic rings. The Hall–Kier alpha value is -3.15. The van der Waals surface area contributed by atoms with Crippen LogP contribution in [-0.4, -0.2) is 11.9 Å². The molecule has 28 heavy (non-hydrogen) atoms. The molecule has 13 heteroatoms. The third-order valence-electron chi connectivity index (χ3n) is 3.02. The van der Waals surface area contributed by atoms with E-state index in [1.807, 2.05) is 0 Å². The van der Waals surface area contributed by atoms with Gasteiger partial charge in [0.15, 0.2) is 29.2 Å². The highest BCUT2D eigenvalue weighted by molar-refractivity contribution is 6.32. The van der Waals surface area contributed by atoms with Crippen molar-refractivity contribution in [2.45, 2.75) is 6.18 Å². The molecule has 0 fully saturated rings. The maximum atomic E-state index is 13.9. The van der Waals surface area contributed by atoms with Crippen molar-refractivity contribution in [1.29, 1.82) is 0 Å². The van der Waals surface area contributed by atoms with Gasteiger partial charge in [-0.1, -0.05) is 11.6 Å². The molecule has 0 amide bonds. The van der Waals surface area contributed by atoms with Crippen molar-refractivity contribution in [2.75, 3.05) is 0 Å². The van der Waals surface area contributed by atoms with Gasteiger partial charge in [0.1, 0.15) is 11.4 Å². The van der Waals surface area contributed by atoms with Gasteiger partial charge in [0.05, 0.1) is 10.6 Å². The highest BCUT2D eigenvalue weighted by Gasteiger charge is 2.33. The molecular formula is C15H10ClF6N5O. The molecule has 0 aliphatic rings. The molecule has 0 spiro atoms. The summed E-state index contributed by atoms with van der Waals surface area (Å²) in [5.41, 5.74) is 13.4. The number of rotatable bonds is 3. The minimum atomic E-state index is -4.97. The number of alkyl halides is 3. The van der Waals surface area contributed by atoms with Crippen molar-refractivity contribution in [3.63, 3.8) is 0 Å². The van der Waals surface area contributed by atoms with Crippen LogP contribution in [0.2, 0.25) is 5.02 Å². The smallest absolute Gasteiger partial charge is 0.416 e. The summed E-state index contributed by atoms with van der Waals surface area (Å²) in [6.07, 6.45) is -4.97. The molecular weight excluding hydrogens is 416 g/mol. The predicted molar refractivity (Wildman–Crippen MR) is 89.9 cm³/mol. The van der Waals surface area contributed by atoms with Gasteiger partial charge in [0.2, 0.25) is 5.96 Å². The van der Waals surface area contributed by atoms with Crippen molar-refractivity contribution in [1.82, 2.24) is 0 Å². The fourth-order valence-corrected chi connectivity index (χ4v) is 2.08. The SMILES string of the molecule is NC(N)=NC(N)=Nc1cc(Oc2c(F)cc(C(F)(F)F)cc2F)c(Cl)cc1F. The lowest BCUT2D eigenvalue weighted by molar-refractivity contribution is -0.138. The largest absolute Gasteiger partial charge is 0.450 e. The van der Waals surface area contributed by atoms with E-state index >= 15 is 0 Å². The number of ether oxygens (including phenoxy) is 1. The standard InChI is InChI=1S/C15H10ClF6N5O/c16-6-3-7(17)10(26-14(25)27-13(23)24)4-11(6)28-12-8(18)1-5(2-9(12)19)15(20,21)22/h1-4H,(H6,23,24,25,26,27). The molecule has 0 aliphatic carbocycles. The van der Waals surface area contributed by atoms with Gasteiger partial charge in [-0.05, 0) is 18.2 Å². The third kappa shape index (κ3) is 4.97. The summed E-state index contributed by atoms with van der Waals surface area (Å²) in [6.45, 7) is 0. The van der Waals surface area contributed by atoms with E-state index in [2.05, 4.69) is 9.98 Å². The lowest BCUT2D eigenvalue weighted by Gasteiger charge is -2.13. The van der Waals surface area contributed by atoms with Crippen molar-refractivity contribution in [3.8, 4) is 11.5 Å². The van der Waals surface area contributed by atoms with Crippen LogP contribution < -0.4 is 21.9 Å². The Morgan fingerprint density at radius 2 is 1.50 bits per heavy atom. The van der Waals surface area contributed by atoms with E-state index in [0.29, 0.717) is 6.07 Å². The van der Waals surface area contributed by atoms with Crippen LogP contribution in [0.1, 0.15) is 5.56 Å². The third-order valence-corrected chi connectivity index (χ3v) is 3.31. The lowest BCUT2D eigenvalue weighted by atomic mass is 10.2. The molecule has 0 heterocycles. The maximum absolute atomic E-state index is 13.9. The molecule has 0 aliphatic heterocycles. The van der Waals surface area contributed by atoms with E-state index in [4.69, 9.17) is 33.5 Å².